The number of hydrogen-bond donors (Lipinski definition) is 2. The molecule has 0 spiro atoms. The van der Waals surface area contributed by atoms with Gasteiger partial charge in [0.1, 0.15) is 0 Å². The van der Waals surface area contributed by atoms with Gasteiger partial charge in [0.15, 0.2) is 0 Å². The van der Waals surface area contributed by atoms with Crippen LogP contribution in [-0.4, -0.2) is 34.5 Å². The fraction of sp³-hybridized carbons (Fsp3) is 0.400. The molecule has 2 nitrogen and oxygen atoms in total. The maximum atomic E-state index is 2.24. The Balaban J connectivity index is 0. The summed E-state index contributed by atoms with van der Waals surface area (Å²) in [5.41, 5.74) is 0. The lowest BCUT2D eigenvalue weighted by Crippen LogP contribution is -1.83. The predicted molar refractivity (Wildman–Crippen MR) is 134 cm³/mol. The second-order valence-electron chi connectivity index (χ2n) is 4.88. The molecule has 0 aromatic heterocycles. The smallest absolute Gasteiger partial charge is 0.0116 e. The van der Waals surface area contributed by atoms with E-state index in [2.05, 4.69) is 71.6 Å². The fourth-order valence-corrected chi connectivity index (χ4v) is 4.84. The fourth-order valence-electron chi connectivity index (χ4n) is 1.65. The Morgan fingerprint density at radius 3 is 1.35 bits per heavy atom. The molecule has 0 aromatic carbocycles. The van der Waals surface area contributed by atoms with Gasteiger partial charge in [-0.15, -0.1) is 23.5 Å². The number of allylic oxidation sites excluding steroid dienone is 8. The van der Waals surface area contributed by atoms with Gasteiger partial charge in [-0.05, 0) is 46.7 Å². The molecular formula is C20H34N2S4. The molecule has 0 aliphatic carbocycles. The highest BCUT2D eigenvalue weighted by Gasteiger charge is 1.88. The van der Waals surface area contributed by atoms with Crippen molar-refractivity contribution in [3.05, 3.63) is 71.6 Å². The summed E-state index contributed by atoms with van der Waals surface area (Å²) in [5, 5.41) is 4.39. The summed E-state index contributed by atoms with van der Waals surface area (Å²) in [5.74, 6) is 7.10. The van der Waals surface area contributed by atoms with Crippen LogP contribution in [0.1, 0.15) is 12.8 Å². The van der Waals surface area contributed by atoms with Crippen LogP contribution in [-0.2, 0) is 0 Å². The third-order valence-electron chi connectivity index (χ3n) is 2.82. The SMILES string of the molecule is C1=CC=CSCCCSCC=CC=CC=CSCCCSCC=C1.N.N. The van der Waals surface area contributed by atoms with Crippen molar-refractivity contribution in [3.63, 3.8) is 0 Å². The minimum Gasteiger partial charge on any atom is -0.344 e. The average Bonchev–Trinajstić information content (AvgIpc) is 2.59. The lowest BCUT2D eigenvalue weighted by atomic mass is 10.4. The van der Waals surface area contributed by atoms with E-state index in [-0.39, 0.29) is 12.3 Å². The third kappa shape index (κ3) is 21.8. The summed E-state index contributed by atoms with van der Waals surface area (Å²) >= 11 is 7.81. The Morgan fingerprint density at radius 1 is 0.462 bits per heavy atom. The van der Waals surface area contributed by atoms with Crippen LogP contribution in [0, 0.1) is 0 Å². The zero-order chi connectivity index (χ0) is 17.0. The molecule has 0 fully saturated rings. The van der Waals surface area contributed by atoms with Crippen LogP contribution in [0.2, 0.25) is 0 Å². The van der Waals surface area contributed by atoms with Gasteiger partial charge in [-0.1, -0.05) is 60.8 Å². The van der Waals surface area contributed by atoms with Gasteiger partial charge >= 0.3 is 0 Å². The zero-order valence-electron chi connectivity index (χ0n) is 15.6. The summed E-state index contributed by atoms with van der Waals surface area (Å²) in [6.07, 6.45) is 24.0. The normalized spacial score (nSPS) is 18.5. The molecule has 1 rings (SSSR count). The van der Waals surface area contributed by atoms with E-state index in [1.807, 2.05) is 47.0 Å². The molecule has 0 saturated heterocycles. The first-order valence-electron chi connectivity index (χ1n) is 8.35. The zero-order valence-corrected chi connectivity index (χ0v) is 18.9. The first-order valence-corrected chi connectivity index (χ1v) is 12.8. The lowest BCUT2D eigenvalue weighted by molar-refractivity contribution is 1.13. The van der Waals surface area contributed by atoms with Gasteiger partial charge in [0.2, 0.25) is 0 Å². The molecule has 6 heteroatoms. The van der Waals surface area contributed by atoms with Crippen molar-refractivity contribution in [2.45, 2.75) is 12.8 Å². The predicted octanol–water partition coefficient (Wildman–Crippen LogP) is 7.29. The Morgan fingerprint density at radius 2 is 0.885 bits per heavy atom. The standard InChI is InChI=1S/C20H28S4.2H3N/c1-3-7-13-21-17-11-19-23-15-9-5-2-6-10-16-24-20-12-18-22-14-8-4-1;;/h1-10,13,16H,11-12,14-15,17-20H2;2*1H3. The topological polar surface area (TPSA) is 70.0 Å². The van der Waals surface area contributed by atoms with Crippen molar-refractivity contribution >= 4 is 47.0 Å². The Kier molecular flexibility index (Phi) is 26.6. The summed E-state index contributed by atoms with van der Waals surface area (Å²) in [6.45, 7) is 0. The van der Waals surface area contributed by atoms with Crippen molar-refractivity contribution in [1.82, 2.24) is 12.3 Å². The largest absolute Gasteiger partial charge is 0.344 e. The highest BCUT2D eigenvalue weighted by Crippen LogP contribution is 2.10. The van der Waals surface area contributed by atoms with Crippen LogP contribution < -0.4 is 12.3 Å². The summed E-state index contributed by atoms with van der Waals surface area (Å²) in [4.78, 5) is 0. The average molecular weight is 431 g/mol. The molecule has 148 valence electrons. The lowest BCUT2D eigenvalue weighted by Gasteiger charge is -1.96. The van der Waals surface area contributed by atoms with Crippen LogP contribution in [0.4, 0.5) is 0 Å². The number of hydrogen-bond acceptors (Lipinski definition) is 6. The van der Waals surface area contributed by atoms with E-state index in [0.717, 1.165) is 11.5 Å². The molecule has 0 radical (unpaired) electrons. The summed E-state index contributed by atoms with van der Waals surface area (Å²) in [7, 11) is 0. The van der Waals surface area contributed by atoms with Crippen molar-refractivity contribution in [3.8, 4) is 0 Å². The van der Waals surface area contributed by atoms with E-state index in [0.29, 0.717) is 0 Å². The molecule has 26 heavy (non-hydrogen) atoms. The molecule has 0 amide bonds. The van der Waals surface area contributed by atoms with Gasteiger partial charge in [0.05, 0.1) is 0 Å². The van der Waals surface area contributed by atoms with Crippen molar-refractivity contribution < 1.29 is 0 Å². The maximum absolute atomic E-state index is 2.24. The molecular weight excluding hydrogens is 397 g/mol. The third-order valence-corrected chi connectivity index (χ3v) is 6.58. The summed E-state index contributed by atoms with van der Waals surface area (Å²) < 4.78 is 0. The van der Waals surface area contributed by atoms with E-state index in [4.69, 9.17) is 0 Å². The summed E-state index contributed by atoms with van der Waals surface area (Å²) in [6, 6.07) is 0. The second kappa shape index (κ2) is 24.8. The van der Waals surface area contributed by atoms with Gasteiger partial charge in [0, 0.05) is 11.5 Å². The first-order chi connectivity index (χ1) is 12.0. The first kappa shape index (κ1) is 28.0. The van der Waals surface area contributed by atoms with Crippen molar-refractivity contribution in [2.75, 3.05) is 34.5 Å². The highest BCUT2D eigenvalue weighted by atomic mass is 32.2. The minimum absolute atomic E-state index is 0. The van der Waals surface area contributed by atoms with E-state index < -0.39 is 0 Å². The van der Waals surface area contributed by atoms with Crippen LogP contribution in [0.5, 0.6) is 0 Å². The van der Waals surface area contributed by atoms with E-state index in [1.165, 1.54) is 35.9 Å². The molecule has 1 aliphatic heterocycles. The van der Waals surface area contributed by atoms with Crippen molar-refractivity contribution in [2.24, 2.45) is 0 Å². The number of rotatable bonds is 0. The Bertz CT molecular complexity index is 373. The minimum atomic E-state index is 0. The van der Waals surface area contributed by atoms with Crippen molar-refractivity contribution in [1.29, 1.82) is 0 Å². The van der Waals surface area contributed by atoms with Crippen LogP contribution in [0.25, 0.3) is 0 Å². The molecule has 0 atom stereocenters. The molecule has 0 bridgehead atoms. The van der Waals surface area contributed by atoms with Crippen LogP contribution >= 0.6 is 47.0 Å². The molecule has 0 aromatic rings. The van der Waals surface area contributed by atoms with E-state index in [9.17, 15) is 0 Å². The Labute approximate surface area is 177 Å². The van der Waals surface area contributed by atoms with Gasteiger partial charge in [-0.25, -0.2) is 0 Å². The maximum Gasteiger partial charge on any atom is 0.0116 e. The quantitative estimate of drug-likeness (QED) is 0.420. The van der Waals surface area contributed by atoms with Gasteiger partial charge < -0.3 is 12.3 Å². The molecule has 1 heterocycles. The van der Waals surface area contributed by atoms with E-state index in [1.54, 1.807) is 0 Å². The molecule has 6 N–H and O–H groups in total. The molecule has 0 saturated carbocycles. The van der Waals surface area contributed by atoms with E-state index >= 15 is 0 Å². The Hall–Kier alpha value is -0.240. The number of thioether (sulfide) groups is 4. The van der Waals surface area contributed by atoms with Gasteiger partial charge in [-0.2, -0.15) is 23.5 Å². The van der Waals surface area contributed by atoms with Crippen LogP contribution in [0.3, 0.4) is 0 Å². The van der Waals surface area contributed by atoms with Crippen LogP contribution in [0.15, 0.2) is 71.6 Å². The van der Waals surface area contributed by atoms with Gasteiger partial charge in [-0.3, -0.25) is 0 Å². The van der Waals surface area contributed by atoms with Gasteiger partial charge in [0.25, 0.3) is 0 Å². The molecule has 0 unspecified atom stereocenters. The second-order valence-corrected chi connectivity index (χ2v) is 9.21. The highest BCUT2D eigenvalue weighted by molar-refractivity contribution is 8.02. The monoisotopic (exact) mass is 430 g/mol. The molecule has 1 aliphatic rings.